The lowest BCUT2D eigenvalue weighted by atomic mass is 10.0. The fraction of sp³-hybridized carbons (Fsp3) is 0.786. The van der Waals surface area contributed by atoms with Gasteiger partial charge >= 0.3 is 0 Å². The molecule has 0 aliphatic heterocycles. The van der Waals surface area contributed by atoms with E-state index >= 15 is 0 Å². The third kappa shape index (κ3) is 9.75. The summed E-state index contributed by atoms with van der Waals surface area (Å²) in [5, 5.41) is 2.85. The second-order valence-electron chi connectivity index (χ2n) is 4.99. The van der Waals surface area contributed by atoms with Crippen LogP contribution in [0, 0.1) is 5.92 Å². The molecule has 1 N–H and O–H groups in total. The molecule has 0 rings (SSSR count). The standard InChI is InChI=1S/C14H27NO/c1-12(2)10-8-6-5-7-9-11-15-14(16)13(3)4/h12H,3,5-11H2,1-2,4H3,(H,15,16). The zero-order valence-electron chi connectivity index (χ0n) is 11.1. The maximum absolute atomic E-state index is 11.1. The van der Waals surface area contributed by atoms with Crippen molar-refractivity contribution in [1.29, 1.82) is 0 Å². The van der Waals surface area contributed by atoms with Crippen molar-refractivity contribution in [3.05, 3.63) is 12.2 Å². The highest BCUT2D eigenvalue weighted by Crippen LogP contribution is 2.10. The lowest BCUT2D eigenvalue weighted by Crippen LogP contribution is -2.24. The highest BCUT2D eigenvalue weighted by molar-refractivity contribution is 5.91. The lowest BCUT2D eigenvalue weighted by Gasteiger charge is -2.05. The number of rotatable bonds is 9. The first-order valence-corrected chi connectivity index (χ1v) is 6.47. The predicted octanol–water partition coefficient (Wildman–Crippen LogP) is 3.68. The summed E-state index contributed by atoms with van der Waals surface area (Å²) in [6.07, 6.45) is 7.60. The van der Waals surface area contributed by atoms with Gasteiger partial charge in [-0.05, 0) is 19.3 Å². The summed E-state index contributed by atoms with van der Waals surface area (Å²) in [5.41, 5.74) is 0.594. The molecule has 0 aromatic rings. The Morgan fingerprint density at radius 1 is 1.12 bits per heavy atom. The smallest absolute Gasteiger partial charge is 0.246 e. The second kappa shape index (κ2) is 9.44. The number of hydrogen-bond donors (Lipinski definition) is 1. The molecule has 0 aliphatic rings. The van der Waals surface area contributed by atoms with E-state index < -0.39 is 0 Å². The van der Waals surface area contributed by atoms with Gasteiger partial charge in [-0.1, -0.05) is 52.5 Å². The molecule has 2 heteroatoms. The number of hydrogen-bond acceptors (Lipinski definition) is 1. The molecule has 0 aliphatic carbocycles. The Bertz CT molecular complexity index is 209. The molecule has 2 nitrogen and oxygen atoms in total. The summed E-state index contributed by atoms with van der Waals surface area (Å²) in [6, 6.07) is 0. The first-order valence-electron chi connectivity index (χ1n) is 6.47. The second-order valence-corrected chi connectivity index (χ2v) is 4.99. The van der Waals surface area contributed by atoms with E-state index in [1.54, 1.807) is 6.92 Å². The van der Waals surface area contributed by atoms with Crippen molar-refractivity contribution in [1.82, 2.24) is 5.32 Å². The van der Waals surface area contributed by atoms with Gasteiger partial charge in [-0.15, -0.1) is 0 Å². The summed E-state index contributed by atoms with van der Waals surface area (Å²) in [6.45, 7) is 10.7. The Hall–Kier alpha value is -0.790. The molecule has 0 saturated carbocycles. The van der Waals surface area contributed by atoms with Crippen LogP contribution in [0.1, 0.15) is 59.3 Å². The van der Waals surface area contributed by atoms with Crippen LogP contribution in [-0.4, -0.2) is 12.5 Å². The molecule has 16 heavy (non-hydrogen) atoms. The van der Waals surface area contributed by atoms with E-state index in [-0.39, 0.29) is 5.91 Å². The fourth-order valence-corrected chi connectivity index (χ4v) is 1.56. The molecule has 0 saturated heterocycles. The van der Waals surface area contributed by atoms with Gasteiger partial charge in [0.05, 0.1) is 0 Å². The van der Waals surface area contributed by atoms with E-state index in [2.05, 4.69) is 25.7 Å². The molecule has 0 heterocycles. The van der Waals surface area contributed by atoms with Gasteiger partial charge in [0.1, 0.15) is 0 Å². The first-order chi connectivity index (χ1) is 7.54. The van der Waals surface area contributed by atoms with Crippen molar-refractivity contribution in [2.24, 2.45) is 5.92 Å². The summed E-state index contributed by atoms with van der Waals surface area (Å²) in [7, 11) is 0. The van der Waals surface area contributed by atoms with Crippen LogP contribution < -0.4 is 5.32 Å². The third-order valence-electron chi connectivity index (χ3n) is 2.63. The van der Waals surface area contributed by atoms with Gasteiger partial charge in [0, 0.05) is 12.1 Å². The number of carbonyl (C=O) groups excluding carboxylic acids is 1. The number of amides is 1. The zero-order chi connectivity index (χ0) is 12.4. The minimum atomic E-state index is -0.0141. The number of nitrogens with one attached hydrogen (secondary N) is 1. The number of carbonyl (C=O) groups is 1. The Balaban J connectivity index is 3.16. The molecule has 0 aromatic carbocycles. The minimum absolute atomic E-state index is 0.0141. The maximum Gasteiger partial charge on any atom is 0.246 e. The van der Waals surface area contributed by atoms with Crippen molar-refractivity contribution in [3.63, 3.8) is 0 Å². The van der Waals surface area contributed by atoms with Gasteiger partial charge in [-0.2, -0.15) is 0 Å². The summed E-state index contributed by atoms with van der Waals surface area (Å²) in [4.78, 5) is 11.1. The van der Waals surface area contributed by atoms with Crippen LogP contribution in [0.25, 0.3) is 0 Å². The van der Waals surface area contributed by atoms with Gasteiger partial charge in [0.2, 0.25) is 5.91 Å². The van der Waals surface area contributed by atoms with Gasteiger partial charge in [-0.25, -0.2) is 0 Å². The normalized spacial score (nSPS) is 10.5. The fourth-order valence-electron chi connectivity index (χ4n) is 1.56. The van der Waals surface area contributed by atoms with Crippen LogP contribution in [0.5, 0.6) is 0 Å². The SMILES string of the molecule is C=C(C)C(=O)NCCCCCCCC(C)C. The van der Waals surface area contributed by atoms with Crippen molar-refractivity contribution in [2.45, 2.75) is 59.3 Å². The zero-order valence-corrected chi connectivity index (χ0v) is 11.1. The van der Waals surface area contributed by atoms with Crippen LogP contribution >= 0.6 is 0 Å². The summed E-state index contributed by atoms with van der Waals surface area (Å²) >= 11 is 0. The van der Waals surface area contributed by atoms with E-state index in [0.29, 0.717) is 5.57 Å². The van der Waals surface area contributed by atoms with Crippen LogP contribution in [0.3, 0.4) is 0 Å². The van der Waals surface area contributed by atoms with E-state index in [9.17, 15) is 4.79 Å². The quantitative estimate of drug-likeness (QED) is 0.471. The average Bonchev–Trinajstić information content (AvgIpc) is 2.21. The van der Waals surface area contributed by atoms with Gasteiger partial charge in [-0.3, -0.25) is 4.79 Å². The molecule has 0 fully saturated rings. The Labute approximate surface area is 101 Å². The first kappa shape index (κ1) is 15.2. The Morgan fingerprint density at radius 2 is 1.69 bits per heavy atom. The van der Waals surface area contributed by atoms with Crippen molar-refractivity contribution >= 4 is 5.91 Å². The van der Waals surface area contributed by atoms with E-state index in [4.69, 9.17) is 0 Å². The Morgan fingerprint density at radius 3 is 2.25 bits per heavy atom. The molecule has 94 valence electrons. The molecule has 0 bridgehead atoms. The number of unbranched alkanes of at least 4 members (excludes halogenated alkanes) is 4. The molecule has 0 unspecified atom stereocenters. The molecule has 0 spiro atoms. The highest BCUT2D eigenvalue weighted by Gasteiger charge is 1.99. The Kier molecular flexibility index (Phi) is 8.97. The minimum Gasteiger partial charge on any atom is -0.352 e. The molecule has 0 radical (unpaired) electrons. The average molecular weight is 225 g/mol. The molecular formula is C14H27NO. The summed E-state index contributed by atoms with van der Waals surface area (Å²) < 4.78 is 0. The topological polar surface area (TPSA) is 29.1 Å². The van der Waals surface area contributed by atoms with E-state index in [1.165, 1.54) is 32.1 Å². The molecule has 1 amide bonds. The van der Waals surface area contributed by atoms with Gasteiger partial charge in [0.25, 0.3) is 0 Å². The van der Waals surface area contributed by atoms with Crippen LogP contribution in [-0.2, 0) is 4.79 Å². The molecule has 0 aromatic heterocycles. The van der Waals surface area contributed by atoms with Crippen LogP contribution in [0.4, 0.5) is 0 Å². The lowest BCUT2D eigenvalue weighted by molar-refractivity contribution is -0.117. The van der Waals surface area contributed by atoms with Gasteiger partial charge < -0.3 is 5.32 Å². The third-order valence-corrected chi connectivity index (χ3v) is 2.63. The monoisotopic (exact) mass is 225 g/mol. The van der Waals surface area contributed by atoms with Crippen molar-refractivity contribution < 1.29 is 4.79 Å². The molecule has 0 atom stereocenters. The van der Waals surface area contributed by atoms with Crippen molar-refractivity contribution in [3.8, 4) is 0 Å². The predicted molar refractivity (Wildman–Crippen MR) is 70.4 cm³/mol. The van der Waals surface area contributed by atoms with Crippen molar-refractivity contribution in [2.75, 3.05) is 6.54 Å². The van der Waals surface area contributed by atoms with Gasteiger partial charge in [0.15, 0.2) is 0 Å². The maximum atomic E-state index is 11.1. The highest BCUT2D eigenvalue weighted by atomic mass is 16.1. The molecular weight excluding hydrogens is 198 g/mol. The summed E-state index contributed by atoms with van der Waals surface area (Å²) in [5.74, 6) is 0.815. The largest absolute Gasteiger partial charge is 0.352 e. The van der Waals surface area contributed by atoms with Crippen LogP contribution in [0.2, 0.25) is 0 Å². The van der Waals surface area contributed by atoms with Crippen LogP contribution in [0.15, 0.2) is 12.2 Å². The van der Waals surface area contributed by atoms with E-state index in [0.717, 1.165) is 18.9 Å². The van der Waals surface area contributed by atoms with E-state index in [1.807, 2.05) is 0 Å².